The first-order valence-electron chi connectivity index (χ1n) is 7.50. The van der Waals surface area contributed by atoms with Crippen LogP contribution in [-0.2, 0) is 0 Å². The number of carbonyl (C=O) groups excluding carboxylic acids is 1. The van der Waals surface area contributed by atoms with Crippen LogP contribution >= 0.6 is 0 Å². The Labute approximate surface area is 134 Å². The molecule has 4 rings (SSSR count). The van der Waals surface area contributed by atoms with Crippen molar-refractivity contribution in [3.05, 3.63) is 95.7 Å². The Morgan fingerprint density at radius 1 is 0.739 bits per heavy atom. The van der Waals surface area contributed by atoms with E-state index in [1.54, 1.807) is 6.08 Å². The summed E-state index contributed by atoms with van der Waals surface area (Å²) in [5.74, 6) is 0.929. The Morgan fingerprint density at radius 3 is 2.17 bits per heavy atom. The largest absolute Gasteiger partial charge is 0.452 e. The van der Waals surface area contributed by atoms with Gasteiger partial charge in [0, 0.05) is 0 Å². The zero-order valence-corrected chi connectivity index (χ0v) is 12.4. The molecule has 0 radical (unpaired) electrons. The molecule has 0 aromatic heterocycles. The number of fused-ring (bicyclic) bond motifs is 1. The normalized spacial score (nSPS) is 14.6. The Hall–Kier alpha value is -3.13. The summed E-state index contributed by atoms with van der Waals surface area (Å²) >= 11 is 0. The number of rotatable bonds is 2. The second-order valence-electron chi connectivity index (χ2n) is 5.43. The SMILES string of the molecule is O=C1/C(=C/c2ccccc2)Oc2cc(-c3ccccc3)ccc21. The number of allylic oxidation sites excluding steroid dienone is 1. The molecule has 0 bridgehead atoms. The average Bonchev–Trinajstić information content (AvgIpc) is 2.92. The van der Waals surface area contributed by atoms with Gasteiger partial charge in [0.1, 0.15) is 5.75 Å². The van der Waals surface area contributed by atoms with E-state index in [0.717, 1.165) is 16.7 Å². The fraction of sp³-hybridized carbons (Fsp3) is 0. The molecule has 0 unspecified atom stereocenters. The topological polar surface area (TPSA) is 26.3 Å². The first kappa shape index (κ1) is 13.5. The van der Waals surface area contributed by atoms with Crippen LogP contribution < -0.4 is 4.74 Å². The molecular formula is C21H14O2. The lowest BCUT2D eigenvalue weighted by Crippen LogP contribution is -1.97. The van der Waals surface area contributed by atoms with Crippen LogP contribution in [0.2, 0.25) is 0 Å². The maximum absolute atomic E-state index is 12.5. The zero-order valence-electron chi connectivity index (χ0n) is 12.4. The van der Waals surface area contributed by atoms with Crippen LogP contribution in [0.5, 0.6) is 5.75 Å². The molecule has 0 amide bonds. The highest BCUT2D eigenvalue weighted by Crippen LogP contribution is 2.35. The van der Waals surface area contributed by atoms with Gasteiger partial charge in [0.25, 0.3) is 0 Å². The molecule has 2 nitrogen and oxygen atoms in total. The van der Waals surface area contributed by atoms with Gasteiger partial charge in [-0.25, -0.2) is 0 Å². The maximum Gasteiger partial charge on any atom is 0.231 e. The first-order chi connectivity index (χ1) is 11.3. The van der Waals surface area contributed by atoms with E-state index < -0.39 is 0 Å². The van der Waals surface area contributed by atoms with Crippen molar-refractivity contribution < 1.29 is 9.53 Å². The zero-order chi connectivity index (χ0) is 15.6. The van der Waals surface area contributed by atoms with E-state index in [1.807, 2.05) is 78.9 Å². The van der Waals surface area contributed by atoms with Gasteiger partial charge in [-0.3, -0.25) is 4.79 Å². The monoisotopic (exact) mass is 298 g/mol. The molecule has 2 heteroatoms. The number of Topliss-reactive ketones (excluding diaryl/α,β-unsaturated/α-hetero) is 1. The molecule has 0 saturated heterocycles. The number of benzene rings is 3. The lowest BCUT2D eigenvalue weighted by Gasteiger charge is -2.03. The van der Waals surface area contributed by atoms with Gasteiger partial charge in [-0.05, 0) is 34.9 Å². The molecule has 3 aromatic carbocycles. The molecule has 110 valence electrons. The van der Waals surface area contributed by atoms with Crippen molar-refractivity contribution in [2.45, 2.75) is 0 Å². The Bertz CT molecular complexity index is 894. The second-order valence-corrected chi connectivity index (χ2v) is 5.43. The predicted molar refractivity (Wildman–Crippen MR) is 91.3 cm³/mol. The number of ketones is 1. The third-order valence-corrected chi connectivity index (χ3v) is 3.87. The highest BCUT2D eigenvalue weighted by molar-refractivity contribution is 6.14. The van der Waals surface area contributed by atoms with Crippen LogP contribution in [0.4, 0.5) is 0 Å². The van der Waals surface area contributed by atoms with E-state index in [9.17, 15) is 4.79 Å². The van der Waals surface area contributed by atoms with Crippen molar-refractivity contribution in [1.82, 2.24) is 0 Å². The van der Waals surface area contributed by atoms with Crippen LogP contribution in [0.1, 0.15) is 15.9 Å². The molecular weight excluding hydrogens is 284 g/mol. The van der Waals surface area contributed by atoms with Crippen molar-refractivity contribution in [3.8, 4) is 16.9 Å². The minimum atomic E-state index is -0.0662. The van der Waals surface area contributed by atoms with Gasteiger partial charge in [-0.1, -0.05) is 66.7 Å². The number of hydrogen-bond donors (Lipinski definition) is 0. The summed E-state index contributed by atoms with van der Waals surface area (Å²) in [5.41, 5.74) is 3.71. The van der Waals surface area contributed by atoms with Crippen LogP contribution in [-0.4, -0.2) is 5.78 Å². The third kappa shape index (κ3) is 2.55. The third-order valence-electron chi connectivity index (χ3n) is 3.87. The maximum atomic E-state index is 12.5. The summed E-state index contributed by atoms with van der Waals surface area (Å²) in [4.78, 5) is 12.5. The smallest absolute Gasteiger partial charge is 0.231 e. The Kier molecular flexibility index (Phi) is 3.28. The molecule has 0 fully saturated rings. The van der Waals surface area contributed by atoms with Gasteiger partial charge in [0.05, 0.1) is 5.56 Å². The van der Waals surface area contributed by atoms with Gasteiger partial charge in [0.2, 0.25) is 5.78 Å². The van der Waals surface area contributed by atoms with E-state index in [-0.39, 0.29) is 5.78 Å². The van der Waals surface area contributed by atoms with Gasteiger partial charge in [-0.15, -0.1) is 0 Å². The fourth-order valence-corrected chi connectivity index (χ4v) is 2.70. The summed E-state index contributed by atoms with van der Waals surface area (Å²) in [7, 11) is 0. The van der Waals surface area contributed by atoms with Crippen LogP contribution in [0.15, 0.2) is 84.6 Å². The van der Waals surface area contributed by atoms with Crippen molar-refractivity contribution in [2.75, 3.05) is 0 Å². The Morgan fingerprint density at radius 2 is 1.43 bits per heavy atom. The molecule has 0 saturated carbocycles. The fourth-order valence-electron chi connectivity index (χ4n) is 2.70. The highest BCUT2D eigenvalue weighted by Gasteiger charge is 2.27. The average molecular weight is 298 g/mol. The number of carbonyl (C=O) groups is 1. The first-order valence-corrected chi connectivity index (χ1v) is 7.50. The van der Waals surface area contributed by atoms with Gasteiger partial charge >= 0.3 is 0 Å². The molecule has 3 aromatic rings. The lowest BCUT2D eigenvalue weighted by atomic mass is 10.0. The summed E-state index contributed by atoms with van der Waals surface area (Å²) in [6.45, 7) is 0. The summed E-state index contributed by atoms with van der Waals surface area (Å²) in [5, 5.41) is 0. The molecule has 0 atom stereocenters. The summed E-state index contributed by atoms with van der Waals surface area (Å²) in [6, 6.07) is 25.5. The summed E-state index contributed by atoms with van der Waals surface area (Å²) < 4.78 is 5.80. The van der Waals surface area contributed by atoms with Crippen LogP contribution in [0.3, 0.4) is 0 Å². The van der Waals surface area contributed by atoms with Gasteiger partial charge in [0.15, 0.2) is 5.76 Å². The Balaban J connectivity index is 1.70. The highest BCUT2D eigenvalue weighted by atomic mass is 16.5. The van der Waals surface area contributed by atoms with E-state index >= 15 is 0 Å². The van der Waals surface area contributed by atoms with Crippen LogP contribution in [0.25, 0.3) is 17.2 Å². The quantitative estimate of drug-likeness (QED) is 0.624. The lowest BCUT2D eigenvalue weighted by molar-refractivity contribution is 0.101. The van der Waals surface area contributed by atoms with Crippen molar-refractivity contribution in [1.29, 1.82) is 0 Å². The van der Waals surface area contributed by atoms with Crippen molar-refractivity contribution >= 4 is 11.9 Å². The molecule has 0 spiro atoms. The number of hydrogen-bond acceptors (Lipinski definition) is 2. The van der Waals surface area contributed by atoms with E-state index in [4.69, 9.17) is 4.74 Å². The predicted octanol–water partition coefficient (Wildman–Crippen LogP) is 4.97. The molecule has 1 heterocycles. The van der Waals surface area contributed by atoms with Gasteiger partial charge in [-0.2, -0.15) is 0 Å². The minimum Gasteiger partial charge on any atom is -0.452 e. The molecule has 1 aliphatic rings. The van der Waals surface area contributed by atoms with Gasteiger partial charge < -0.3 is 4.74 Å². The molecule has 0 aliphatic carbocycles. The molecule has 1 aliphatic heterocycles. The molecule has 23 heavy (non-hydrogen) atoms. The van der Waals surface area contributed by atoms with E-state index in [2.05, 4.69) is 0 Å². The molecule has 0 N–H and O–H groups in total. The second kappa shape index (κ2) is 5.58. The summed E-state index contributed by atoms with van der Waals surface area (Å²) in [6.07, 6.45) is 1.78. The standard InChI is InChI=1S/C21H14O2/c22-21-18-12-11-17(16-9-5-2-6-10-16)14-19(18)23-20(21)13-15-7-3-1-4-8-15/h1-14H/b20-13-. The van der Waals surface area contributed by atoms with Crippen molar-refractivity contribution in [2.24, 2.45) is 0 Å². The van der Waals surface area contributed by atoms with E-state index in [0.29, 0.717) is 17.1 Å². The van der Waals surface area contributed by atoms with Crippen molar-refractivity contribution in [3.63, 3.8) is 0 Å². The number of ether oxygens (including phenoxy) is 1. The van der Waals surface area contributed by atoms with E-state index in [1.165, 1.54) is 0 Å². The van der Waals surface area contributed by atoms with Crippen LogP contribution in [0, 0.1) is 0 Å². The minimum absolute atomic E-state index is 0.0662.